The van der Waals surface area contributed by atoms with E-state index in [1.165, 1.54) is 12.1 Å². The van der Waals surface area contributed by atoms with Gasteiger partial charge >= 0.3 is 0 Å². The molecule has 1 aromatic carbocycles. The van der Waals surface area contributed by atoms with Gasteiger partial charge in [0.15, 0.2) is 0 Å². The maximum Gasteiger partial charge on any atom is 0.271 e. The number of amides is 3. The molecule has 0 spiro atoms. The lowest BCUT2D eigenvalue weighted by Gasteiger charge is -2.31. The molecular weight excluding hydrogens is 337 g/mol. The fraction of sp³-hybridized carbons (Fsp3) is 0.312. The van der Waals surface area contributed by atoms with Gasteiger partial charge in [-0.1, -0.05) is 18.2 Å². The zero-order chi connectivity index (χ0) is 17.7. The van der Waals surface area contributed by atoms with Gasteiger partial charge in [-0.25, -0.2) is 4.39 Å². The predicted molar refractivity (Wildman–Crippen MR) is 86.5 cm³/mol. The summed E-state index contributed by atoms with van der Waals surface area (Å²) in [5, 5.41) is -0.0535. The van der Waals surface area contributed by atoms with Gasteiger partial charge < -0.3 is 4.90 Å². The monoisotopic (exact) mass is 353 g/mol. The molecule has 128 valence electrons. The van der Waals surface area contributed by atoms with E-state index >= 15 is 0 Å². The standard InChI is InChI=1S/C16H17ClFN3O3/c1-2-14(22)21-7-3-4-10(9-21)15(23)19-20-16(24)12-6-5-11(18)8-13(12)17/h2,5-6,8,10H,1,3-4,7,9H2,(H,19,23)(H,20,24). The second kappa shape index (κ2) is 7.92. The first-order valence-corrected chi connectivity index (χ1v) is 7.76. The molecule has 1 aliphatic heterocycles. The molecular formula is C16H17ClFN3O3. The first-order chi connectivity index (χ1) is 11.4. The van der Waals surface area contributed by atoms with Crippen LogP contribution in [0, 0.1) is 11.7 Å². The molecule has 0 saturated carbocycles. The summed E-state index contributed by atoms with van der Waals surface area (Å²) in [5.74, 6) is -2.26. The molecule has 1 aliphatic rings. The summed E-state index contributed by atoms with van der Waals surface area (Å²) in [5.41, 5.74) is 4.61. The summed E-state index contributed by atoms with van der Waals surface area (Å²) in [6.45, 7) is 4.27. The number of carbonyl (C=O) groups excluding carboxylic acids is 3. The molecule has 1 aromatic rings. The van der Waals surface area contributed by atoms with Crippen molar-refractivity contribution in [2.75, 3.05) is 13.1 Å². The van der Waals surface area contributed by atoms with Crippen LogP contribution in [0.5, 0.6) is 0 Å². The van der Waals surface area contributed by atoms with Gasteiger partial charge in [0.1, 0.15) is 5.82 Å². The molecule has 0 aliphatic carbocycles. The highest BCUT2D eigenvalue weighted by molar-refractivity contribution is 6.33. The minimum atomic E-state index is -0.650. The number of likely N-dealkylation sites (tertiary alicyclic amines) is 1. The highest BCUT2D eigenvalue weighted by Gasteiger charge is 2.27. The van der Waals surface area contributed by atoms with Gasteiger partial charge in [-0.3, -0.25) is 25.2 Å². The molecule has 24 heavy (non-hydrogen) atoms. The molecule has 0 radical (unpaired) electrons. The number of piperidine rings is 1. The predicted octanol–water partition coefficient (Wildman–Crippen LogP) is 1.66. The van der Waals surface area contributed by atoms with Crippen molar-refractivity contribution >= 4 is 29.3 Å². The van der Waals surface area contributed by atoms with Crippen molar-refractivity contribution in [2.24, 2.45) is 5.92 Å². The lowest BCUT2D eigenvalue weighted by molar-refractivity contribution is -0.132. The minimum absolute atomic E-state index is 0.0467. The normalized spacial score (nSPS) is 17.1. The van der Waals surface area contributed by atoms with E-state index in [9.17, 15) is 18.8 Å². The van der Waals surface area contributed by atoms with Gasteiger partial charge in [-0.05, 0) is 37.1 Å². The van der Waals surface area contributed by atoms with E-state index in [-0.39, 0.29) is 23.0 Å². The van der Waals surface area contributed by atoms with E-state index in [2.05, 4.69) is 17.4 Å². The lowest BCUT2D eigenvalue weighted by Crippen LogP contribution is -2.49. The van der Waals surface area contributed by atoms with Crippen molar-refractivity contribution in [3.05, 3.63) is 47.3 Å². The molecule has 1 unspecified atom stereocenters. The van der Waals surface area contributed by atoms with Crippen LogP contribution in [0.3, 0.4) is 0 Å². The number of nitrogens with one attached hydrogen (secondary N) is 2. The first-order valence-electron chi connectivity index (χ1n) is 7.39. The molecule has 8 heteroatoms. The van der Waals surface area contributed by atoms with Gasteiger partial charge in [0.05, 0.1) is 16.5 Å². The number of nitrogens with zero attached hydrogens (tertiary/aromatic N) is 1. The average Bonchev–Trinajstić information content (AvgIpc) is 2.58. The molecule has 6 nitrogen and oxygen atoms in total. The van der Waals surface area contributed by atoms with Gasteiger partial charge in [0.25, 0.3) is 5.91 Å². The lowest BCUT2D eigenvalue weighted by atomic mass is 9.97. The molecule has 1 heterocycles. The Morgan fingerprint density at radius 1 is 1.33 bits per heavy atom. The zero-order valence-corrected chi connectivity index (χ0v) is 13.6. The average molecular weight is 354 g/mol. The van der Waals surface area contributed by atoms with Crippen LogP contribution in [0.1, 0.15) is 23.2 Å². The van der Waals surface area contributed by atoms with Crippen LogP contribution in [0.4, 0.5) is 4.39 Å². The SMILES string of the molecule is C=CC(=O)N1CCCC(C(=O)NNC(=O)c2ccc(F)cc2Cl)C1. The smallest absolute Gasteiger partial charge is 0.271 e. The van der Waals surface area contributed by atoms with Crippen molar-refractivity contribution in [1.82, 2.24) is 15.8 Å². The number of hydrogen-bond acceptors (Lipinski definition) is 3. The molecule has 1 saturated heterocycles. The summed E-state index contributed by atoms with van der Waals surface area (Å²) >= 11 is 5.79. The van der Waals surface area contributed by atoms with Gasteiger partial charge in [-0.2, -0.15) is 0 Å². The number of rotatable bonds is 3. The Morgan fingerprint density at radius 2 is 2.08 bits per heavy atom. The molecule has 0 aromatic heterocycles. The molecule has 0 bridgehead atoms. The van der Waals surface area contributed by atoms with E-state index in [4.69, 9.17) is 11.6 Å². The fourth-order valence-corrected chi connectivity index (χ4v) is 2.73. The maximum atomic E-state index is 13.0. The zero-order valence-electron chi connectivity index (χ0n) is 12.9. The summed E-state index contributed by atoms with van der Waals surface area (Å²) in [4.78, 5) is 37.3. The van der Waals surface area contributed by atoms with Gasteiger partial charge in [0, 0.05) is 13.1 Å². The van der Waals surface area contributed by atoms with E-state index in [0.717, 1.165) is 12.1 Å². The summed E-state index contributed by atoms with van der Waals surface area (Å²) in [7, 11) is 0. The van der Waals surface area contributed by atoms with E-state index in [1.54, 1.807) is 4.90 Å². The number of hydrogen-bond donors (Lipinski definition) is 2. The second-order valence-electron chi connectivity index (χ2n) is 5.40. The topological polar surface area (TPSA) is 78.5 Å². The number of benzene rings is 1. The van der Waals surface area contributed by atoms with Crippen LogP contribution in [0.25, 0.3) is 0 Å². The Kier molecular flexibility index (Phi) is 5.92. The first kappa shape index (κ1) is 17.9. The van der Waals surface area contributed by atoms with E-state index in [1.807, 2.05) is 0 Å². The molecule has 3 amide bonds. The molecule has 2 rings (SSSR count). The Balaban J connectivity index is 1.91. The van der Waals surface area contributed by atoms with E-state index in [0.29, 0.717) is 19.4 Å². The van der Waals surface area contributed by atoms with Gasteiger partial charge in [-0.15, -0.1) is 0 Å². The molecule has 1 fully saturated rings. The Hall–Kier alpha value is -2.41. The molecule has 1 atom stereocenters. The van der Waals surface area contributed by atoms with Crippen molar-refractivity contribution < 1.29 is 18.8 Å². The summed E-state index contributed by atoms with van der Waals surface area (Å²) in [6.07, 6.45) is 2.51. The van der Waals surface area contributed by atoms with Crippen molar-refractivity contribution in [2.45, 2.75) is 12.8 Å². The Bertz CT molecular complexity index is 681. The van der Waals surface area contributed by atoms with Crippen LogP contribution < -0.4 is 10.9 Å². The second-order valence-corrected chi connectivity index (χ2v) is 5.80. The third-order valence-corrected chi connectivity index (χ3v) is 4.07. The van der Waals surface area contributed by atoms with Crippen LogP contribution >= 0.6 is 11.6 Å². The van der Waals surface area contributed by atoms with E-state index < -0.39 is 23.5 Å². The quantitative estimate of drug-likeness (QED) is 0.641. The van der Waals surface area contributed by atoms with Crippen LogP contribution in [-0.2, 0) is 9.59 Å². The number of hydrazine groups is 1. The number of halogens is 2. The van der Waals surface area contributed by atoms with Crippen LogP contribution in [-0.4, -0.2) is 35.7 Å². The largest absolute Gasteiger partial charge is 0.338 e. The highest BCUT2D eigenvalue weighted by atomic mass is 35.5. The fourth-order valence-electron chi connectivity index (χ4n) is 2.48. The van der Waals surface area contributed by atoms with Crippen molar-refractivity contribution in [3.8, 4) is 0 Å². The Morgan fingerprint density at radius 3 is 2.75 bits per heavy atom. The van der Waals surface area contributed by atoms with Crippen molar-refractivity contribution in [3.63, 3.8) is 0 Å². The third-order valence-electron chi connectivity index (χ3n) is 3.75. The minimum Gasteiger partial charge on any atom is -0.338 e. The van der Waals surface area contributed by atoms with Gasteiger partial charge in [0.2, 0.25) is 11.8 Å². The Labute approximate surface area is 143 Å². The maximum absolute atomic E-state index is 13.0. The summed E-state index contributed by atoms with van der Waals surface area (Å²) < 4.78 is 13.0. The van der Waals surface area contributed by atoms with Crippen LogP contribution in [0.15, 0.2) is 30.9 Å². The molecule has 2 N–H and O–H groups in total. The third kappa shape index (κ3) is 4.32. The van der Waals surface area contributed by atoms with Crippen LogP contribution in [0.2, 0.25) is 5.02 Å². The van der Waals surface area contributed by atoms with Crippen molar-refractivity contribution in [1.29, 1.82) is 0 Å². The summed E-state index contributed by atoms with van der Waals surface area (Å²) in [6, 6.07) is 3.34. The number of carbonyl (C=O) groups is 3. The highest BCUT2D eigenvalue weighted by Crippen LogP contribution is 2.18.